The molecular formula is C38H32BrN3O3. The van der Waals surface area contributed by atoms with Gasteiger partial charge in [-0.1, -0.05) is 66.7 Å². The molecule has 1 amide bonds. The van der Waals surface area contributed by atoms with Gasteiger partial charge in [0.15, 0.2) is 11.5 Å². The van der Waals surface area contributed by atoms with Gasteiger partial charge in [0.2, 0.25) is 0 Å². The Bertz CT molecular complexity index is 1980. The number of hydrazone groups is 1. The molecule has 0 aliphatic rings. The Morgan fingerprint density at radius 1 is 0.844 bits per heavy atom. The molecular weight excluding hydrogens is 626 g/mol. The third-order valence-electron chi connectivity index (χ3n) is 7.44. The number of ether oxygens (including phenoxy) is 2. The van der Waals surface area contributed by atoms with E-state index in [2.05, 4.69) is 92.5 Å². The van der Waals surface area contributed by atoms with E-state index in [0.717, 1.165) is 38.2 Å². The van der Waals surface area contributed by atoms with Gasteiger partial charge in [-0.2, -0.15) is 5.10 Å². The van der Waals surface area contributed by atoms with E-state index in [1.165, 1.54) is 10.8 Å². The van der Waals surface area contributed by atoms with E-state index in [1.54, 1.807) is 18.3 Å². The fraction of sp³-hybridized carbons (Fsp3) is 0.105. The first-order valence-corrected chi connectivity index (χ1v) is 15.5. The lowest BCUT2D eigenvalue weighted by molar-refractivity contribution is 0.0955. The number of nitrogens with zero attached hydrogens (tertiary/aromatic N) is 2. The molecule has 6 rings (SSSR count). The van der Waals surface area contributed by atoms with Crippen molar-refractivity contribution >= 4 is 38.8 Å². The second-order valence-electron chi connectivity index (χ2n) is 10.5. The predicted octanol–water partition coefficient (Wildman–Crippen LogP) is 9.11. The number of amides is 1. The number of benzene rings is 5. The summed E-state index contributed by atoms with van der Waals surface area (Å²) in [5.74, 6) is 0.899. The van der Waals surface area contributed by atoms with Crippen molar-refractivity contribution in [1.82, 2.24) is 9.99 Å². The van der Waals surface area contributed by atoms with Crippen LogP contribution in [-0.2, 0) is 6.61 Å². The van der Waals surface area contributed by atoms with Gasteiger partial charge in [-0.05, 0) is 112 Å². The second kappa shape index (κ2) is 13.7. The molecule has 0 spiro atoms. The van der Waals surface area contributed by atoms with E-state index in [9.17, 15) is 4.79 Å². The number of fused-ring (bicyclic) bond motifs is 1. The maximum absolute atomic E-state index is 12.9. The minimum Gasteiger partial charge on any atom is -0.490 e. The topological polar surface area (TPSA) is 64.8 Å². The minimum atomic E-state index is -0.301. The van der Waals surface area contributed by atoms with Crippen molar-refractivity contribution in [2.24, 2.45) is 5.10 Å². The maximum atomic E-state index is 12.9. The van der Waals surface area contributed by atoms with Crippen molar-refractivity contribution in [3.63, 3.8) is 0 Å². The van der Waals surface area contributed by atoms with E-state index in [0.29, 0.717) is 30.3 Å². The summed E-state index contributed by atoms with van der Waals surface area (Å²) in [6.07, 6.45) is 1.59. The van der Waals surface area contributed by atoms with Crippen LogP contribution < -0.4 is 14.9 Å². The second-order valence-corrected chi connectivity index (χ2v) is 11.4. The summed E-state index contributed by atoms with van der Waals surface area (Å²) in [6, 6.07) is 40.2. The van der Waals surface area contributed by atoms with Gasteiger partial charge < -0.3 is 14.0 Å². The number of carbonyl (C=O) groups excluding carboxylic acids is 1. The zero-order chi connectivity index (χ0) is 31.2. The highest BCUT2D eigenvalue weighted by atomic mass is 79.9. The molecule has 6 nitrogen and oxygen atoms in total. The Labute approximate surface area is 271 Å². The van der Waals surface area contributed by atoms with Crippen LogP contribution >= 0.6 is 15.9 Å². The average molecular weight is 659 g/mol. The molecule has 7 heteroatoms. The van der Waals surface area contributed by atoms with Gasteiger partial charge in [-0.15, -0.1) is 0 Å². The van der Waals surface area contributed by atoms with Crippen molar-refractivity contribution in [3.8, 4) is 28.4 Å². The van der Waals surface area contributed by atoms with Crippen LogP contribution in [0.25, 0.3) is 27.7 Å². The van der Waals surface area contributed by atoms with Crippen LogP contribution in [0.2, 0.25) is 0 Å². The molecule has 0 saturated carbocycles. The van der Waals surface area contributed by atoms with Crippen LogP contribution in [0.5, 0.6) is 11.5 Å². The SMILES string of the molecule is CCOc1cc(/C=N/NC(=O)c2ccc(-n3c(C)ccc3-c3ccccc3)cc2)cc(Br)c1OCc1ccc2ccccc2c1. The maximum Gasteiger partial charge on any atom is 0.271 e. The summed E-state index contributed by atoms with van der Waals surface area (Å²) < 4.78 is 15.0. The molecule has 0 aliphatic heterocycles. The number of halogens is 1. The lowest BCUT2D eigenvalue weighted by Gasteiger charge is -2.15. The molecule has 5 aromatic carbocycles. The van der Waals surface area contributed by atoms with E-state index in [-0.39, 0.29) is 5.91 Å². The van der Waals surface area contributed by atoms with Crippen LogP contribution in [-0.4, -0.2) is 23.3 Å². The van der Waals surface area contributed by atoms with Gasteiger partial charge in [-0.3, -0.25) is 4.79 Å². The normalized spacial score (nSPS) is 11.2. The molecule has 0 bridgehead atoms. The monoisotopic (exact) mass is 657 g/mol. The first-order valence-electron chi connectivity index (χ1n) is 14.7. The van der Waals surface area contributed by atoms with Crippen molar-refractivity contribution in [2.45, 2.75) is 20.5 Å². The molecule has 45 heavy (non-hydrogen) atoms. The molecule has 1 aromatic heterocycles. The highest BCUT2D eigenvalue weighted by Crippen LogP contribution is 2.37. The molecule has 0 unspecified atom stereocenters. The Morgan fingerprint density at radius 3 is 2.38 bits per heavy atom. The number of nitrogens with one attached hydrogen (secondary N) is 1. The average Bonchev–Trinajstić information content (AvgIpc) is 3.46. The zero-order valence-corrected chi connectivity index (χ0v) is 26.6. The lowest BCUT2D eigenvalue weighted by atomic mass is 10.1. The third-order valence-corrected chi connectivity index (χ3v) is 8.03. The number of hydrogen-bond acceptors (Lipinski definition) is 4. The lowest BCUT2D eigenvalue weighted by Crippen LogP contribution is -2.17. The molecule has 6 aromatic rings. The van der Waals surface area contributed by atoms with Gasteiger partial charge >= 0.3 is 0 Å². The molecule has 0 radical (unpaired) electrons. The summed E-state index contributed by atoms with van der Waals surface area (Å²) in [7, 11) is 0. The molecule has 0 aliphatic carbocycles. The first-order chi connectivity index (χ1) is 22.0. The Kier molecular flexibility index (Phi) is 9.08. The van der Waals surface area contributed by atoms with Crippen molar-refractivity contribution in [1.29, 1.82) is 0 Å². The molecule has 0 atom stereocenters. The van der Waals surface area contributed by atoms with Crippen LogP contribution in [0.3, 0.4) is 0 Å². The van der Waals surface area contributed by atoms with E-state index >= 15 is 0 Å². The smallest absolute Gasteiger partial charge is 0.271 e. The molecule has 1 heterocycles. The van der Waals surface area contributed by atoms with Gasteiger partial charge in [0.1, 0.15) is 6.61 Å². The van der Waals surface area contributed by atoms with E-state index < -0.39 is 0 Å². The molecule has 0 saturated heterocycles. The van der Waals surface area contributed by atoms with Gasteiger partial charge in [0.25, 0.3) is 5.91 Å². The van der Waals surface area contributed by atoms with Crippen LogP contribution in [0.4, 0.5) is 0 Å². The quantitative estimate of drug-likeness (QED) is 0.118. The summed E-state index contributed by atoms with van der Waals surface area (Å²) in [5, 5.41) is 6.56. The number of rotatable bonds is 10. The summed E-state index contributed by atoms with van der Waals surface area (Å²) >= 11 is 3.63. The Balaban J connectivity index is 1.13. The van der Waals surface area contributed by atoms with Crippen LogP contribution in [0.1, 0.15) is 34.1 Å². The summed E-state index contributed by atoms with van der Waals surface area (Å²) in [6.45, 7) is 4.86. The largest absolute Gasteiger partial charge is 0.490 e. The molecule has 224 valence electrons. The fourth-order valence-corrected chi connectivity index (χ4v) is 5.83. The Morgan fingerprint density at radius 2 is 1.60 bits per heavy atom. The van der Waals surface area contributed by atoms with E-state index in [4.69, 9.17) is 9.47 Å². The Hall–Kier alpha value is -5.14. The van der Waals surface area contributed by atoms with E-state index in [1.807, 2.05) is 61.5 Å². The number of carbonyl (C=O) groups is 1. The minimum absolute atomic E-state index is 0.301. The van der Waals surface area contributed by atoms with Crippen LogP contribution in [0, 0.1) is 6.92 Å². The number of hydrogen-bond donors (Lipinski definition) is 1. The van der Waals surface area contributed by atoms with Crippen molar-refractivity contribution < 1.29 is 14.3 Å². The highest BCUT2D eigenvalue weighted by molar-refractivity contribution is 9.10. The van der Waals surface area contributed by atoms with Gasteiger partial charge in [0.05, 0.1) is 23.0 Å². The van der Waals surface area contributed by atoms with Crippen molar-refractivity contribution in [3.05, 3.63) is 148 Å². The fourth-order valence-electron chi connectivity index (χ4n) is 5.26. The van der Waals surface area contributed by atoms with Crippen LogP contribution in [0.15, 0.2) is 131 Å². The third kappa shape index (κ3) is 6.84. The predicted molar refractivity (Wildman–Crippen MR) is 185 cm³/mol. The number of aryl methyl sites for hydroxylation is 1. The highest BCUT2D eigenvalue weighted by Gasteiger charge is 2.14. The molecule has 0 fully saturated rings. The zero-order valence-electron chi connectivity index (χ0n) is 25.0. The summed E-state index contributed by atoms with van der Waals surface area (Å²) in [5.41, 5.74) is 9.26. The number of aromatic nitrogens is 1. The van der Waals surface area contributed by atoms with Crippen molar-refractivity contribution in [2.75, 3.05) is 6.61 Å². The standard InChI is InChI=1S/C38H32BrN3O3/c1-3-44-36-23-28(22-34(39)37(36)45-25-27-14-15-29-9-7-8-12-32(29)21-27)24-40-41-38(43)31-16-18-33(19-17-31)42-26(2)13-20-35(42)30-10-5-4-6-11-30/h4-24H,3,25H2,1-2H3,(H,41,43)/b40-24+. The molecule has 1 N–H and O–H groups in total. The first kappa shape index (κ1) is 29.9. The summed E-state index contributed by atoms with van der Waals surface area (Å²) in [4.78, 5) is 12.9. The van der Waals surface area contributed by atoms with Gasteiger partial charge in [-0.25, -0.2) is 5.43 Å². The van der Waals surface area contributed by atoms with Gasteiger partial charge in [0, 0.05) is 16.9 Å².